The van der Waals surface area contributed by atoms with Crippen molar-refractivity contribution in [2.45, 2.75) is 19.9 Å². The second-order valence-electron chi connectivity index (χ2n) is 6.18. The van der Waals surface area contributed by atoms with Gasteiger partial charge in [0.15, 0.2) is 5.78 Å². The fourth-order valence-corrected chi connectivity index (χ4v) is 3.35. The van der Waals surface area contributed by atoms with Crippen LogP contribution in [0.15, 0.2) is 53.0 Å². The van der Waals surface area contributed by atoms with Crippen LogP contribution in [0, 0.1) is 6.92 Å². The van der Waals surface area contributed by atoms with E-state index in [0.717, 1.165) is 0 Å². The lowest BCUT2D eigenvalue weighted by Crippen LogP contribution is -2.22. The Bertz CT molecular complexity index is 1070. The highest BCUT2D eigenvalue weighted by Crippen LogP contribution is 2.29. The summed E-state index contributed by atoms with van der Waals surface area (Å²) in [7, 11) is 0. The summed E-state index contributed by atoms with van der Waals surface area (Å²) in [5.74, 6) is -0.824. The van der Waals surface area contributed by atoms with Crippen LogP contribution in [0.4, 0.5) is 14.5 Å². The Morgan fingerprint density at radius 1 is 1.21 bits per heavy atom. The van der Waals surface area contributed by atoms with Gasteiger partial charge in [-0.2, -0.15) is 5.10 Å². The van der Waals surface area contributed by atoms with Crippen molar-refractivity contribution in [2.75, 3.05) is 5.32 Å². The van der Waals surface area contributed by atoms with E-state index in [0.29, 0.717) is 16.3 Å². The van der Waals surface area contributed by atoms with Gasteiger partial charge in [0.05, 0.1) is 15.9 Å². The minimum absolute atomic E-state index is 0.159. The number of benzene rings is 2. The number of alkyl halides is 2. The lowest BCUT2D eigenvalue weighted by molar-refractivity contribution is -0.117. The van der Waals surface area contributed by atoms with Crippen molar-refractivity contribution in [2.24, 2.45) is 0 Å². The molecule has 0 saturated carbocycles. The molecule has 5 nitrogen and oxygen atoms in total. The first-order valence-electron chi connectivity index (χ1n) is 8.48. The number of nitrogens with zero attached hydrogens (tertiary/aromatic N) is 2. The highest BCUT2D eigenvalue weighted by atomic mass is 79.9. The predicted octanol–water partition coefficient (Wildman–Crippen LogP) is 5.41. The Hall–Kier alpha value is -2.58. The summed E-state index contributed by atoms with van der Waals surface area (Å²) in [4.78, 5) is 25.3. The van der Waals surface area contributed by atoms with E-state index in [1.165, 1.54) is 16.8 Å². The quantitative estimate of drug-likeness (QED) is 0.478. The van der Waals surface area contributed by atoms with Gasteiger partial charge in [0.2, 0.25) is 5.91 Å². The minimum atomic E-state index is -2.77. The molecule has 0 unspecified atom stereocenters. The zero-order valence-corrected chi connectivity index (χ0v) is 17.5. The van der Waals surface area contributed by atoms with Crippen LogP contribution < -0.4 is 5.32 Å². The van der Waals surface area contributed by atoms with Crippen molar-refractivity contribution >= 4 is 44.9 Å². The molecule has 2 aromatic carbocycles. The van der Waals surface area contributed by atoms with Crippen molar-refractivity contribution in [3.63, 3.8) is 0 Å². The van der Waals surface area contributed by atoms with Gasteiger partial charge in [-0.1, -0.05) is 41.9 Å². The Labute approximate surface area is 178 Å². The number of halogens is 4. The largest absolute Gasteiger partial charge is 0.324 e. The first kappa shape index (κ1) is 21.1. The minimum Gasteiger partial charge on any atom is -0.324 e. The molecule has 150 valence electrons. The highest BCUT2D eigenvalue weighted by molar-refractivity contribution is 9.10. The fourth-order valence-electron chi connectivity index (χ4n) is 2.73. The number of anilines is 1. The van der Waals surface area contributed by atoms with Crippen LogP contribution in [0.5, 0.6) is 0 Å². The third kappa shape index (κ3) is 4.71. The van der Waals surface area contributed by atoms with E-state index in [1.54, 1.807) is 43.3 Å². The zero-order chi connectivity index (χ0) is 21.1. The van der Waals surface area contributed by atoms with E-state index in [9.17, 15) is 18.4 Å². The van der Waals surface area contributed by atoms with E-state index in [2.05, 4.69) is 26.3 Å². The second-order valence-corrected chi connectivity index (χ2v) is 7.41. The van der Waals surface area contributed by atoms with E-state index in [4.69, 9.17) is 11.6 Å². The maximum absolute atomic E-state index is 13.0. The molecule has 0 radical (unpaired) electrons. The monoisotopic (exact) mass is 481 g/mol. The van der Waals surface area contributed by atoms with Crippen LogP contribution in [0.25, 0.3) is 0 Å². The maximum atomic E-state index is 13.0. The molecule has 0 aliphatic carbocycles. The number of hydrogen-bond donors (Lipinski definition) is 1. The number of nitrogens with one attached hydrogen (secondary N) is 1. The third-order valence-corrected chi connectivity index (χ3v) is 5.41. The molecule has 0 bridgehead atoms. The van der Waals surface area contributed by atoms with Gasteiger partial charge >= 0.3 is 0 Å². The molecule has 0 saturated heterocycles. The third-order valence-electron chi connectivity index (χ3n) is 4.19. The number of aromatic nitrogens is 2. The van der Waals surface area contributed by atoms with Crippen molar-refractivity contribution in [1.82, 2.24) is 9.78 Å². The van der Waals surface area contributed by atoms with Crippen LogP contribution >= 0.6 is 27.5 Å². The second kappa shape index (κ2) is 8.84. The average Bonchev–Trinajstić information content (AvgIpc) is 2.98. The molecule has 1 N–H and O–H groups in total. The Balaban J connectivity index is 1.85. The fraction of sp³-hybridized carbons (Fsp3) is 0.150. The molecule has 0 spiro atoms. The van der Waals surface area contributed by atoms with Gasteiger partial charge in [-0.3, -0.25) is 14.3 Å². The predicted molar refractivity (Wildman–Crippen MR) is 110 cm³/mol. The van der Waals surface area contributed by atoms with Crippen LogP contribution in [0.1, 0.15) is 33.7 Å². The normalized spacial score (nSPS) is 11.0. The molecule has 0 fully saturated rings. The molecular formula is C20H15BrClF2N3O2. The maximum Gasteiger partial charge on any atom is 0.283 e. The summed E-state index contributed by atoms with van der Waals surface area (Å²) in [6.45, 7) is 1.28. The van der Waals surface area contributed by atoms with Gasteiger partial charge in [0.25, 0.3) is 6.43 Å². The smallest absolute Gasteiger partial charge is 0.283 e. The molecule has 3 aromatic rings. The van der Waals surface area contributed by atoms with Crippen molar-refractivity contribution in [3.8, 4) is 0 Å². The van der Waals surface area contributed by atoms with Crippen LogP contribution in [-0.2, 0) is 11.3 Å². The van der Waals surface area contributed by atoms with Gasteiger partial charge in [-0.15, -0.1) is 0 Å². The molecular weight excluding hydrogens is 468 g/mol. The van der Waals surface area contributed by atoms with Crippen LogP contribution in [0.3, 0.4) is 0 Å². The van der Waals surface area contributed by atoms with Gasteiger partial charge < -0.3 is 5.32 Å². The topological polar surface area (TPSA) is 64.0 Å². The molecule has 3 rings (SSSR count). The molecule has 1 amide bonds. The van der Waals surface area contributed by atoms with E-state index < -0.39 is 18.0 Å². The number of carbonyl (C=O) groups excluding carboxylic acids is 2. The standard InChI is InChI=1S/C20H15BrClF2N3O2/c1-11-17(21)18(20(23)24)26-27(11)10-16(28)25-15-8-7-13(22)9-14(15)19(29)12-5-3-2-4-6-12/h2-9,20H,10H2,1H3,(H,25,28). The average molecular weight is 483 g/mol. The number of carbonyl (C=O) groups is 2. The molecule has 1 heterocycles. The summed E-state index contributed by atoms with van der Waals surface area (Å²) in [5.41, 5.74) is 0.905. The van der Waals surface area contributed by atoms with Gasteiger partial charge in [-0.05, 0) is 41.1 Å². The number of rotatable bonds is 6. The Kier molecular flexibility index (Phi) is 6.44. The lowest BCUT2D eigenvalue weighted by Gasteiger charge is -2.12. The molecule has 1 aromatic heterocycles. The molecule has 29 heavy (non-hydrogen) atoms. The SMILES string of the molecule is Cc1c(Br)c(C(F)F)nn1CC(=O)Nc1ccc(Cl)cc1C(=O)c1ccccc1. The van der Waals surface area contributed by atoms with Gasteiger partial charge in [0, 0.05) is 16.1 Å². The van der Waals surface area contributed by atoms with Gasteiger partial charge in [-0.25, -0.2) is 8.78 Å². The first-order chi connectivity index (χ1) is 13.8. The van der Waals surface area contributed by atoms with E-state index in [1.807, 2.05) is 0 Å². The Morgan fingerprint density at radius 2 is 1.90 bits per heavy atom. The number of hydrogen-bond acceptors (Lipinski definition) is 3. The van der Waals surface area contributed by atoms with E-state index in [-0.39, 0.29) is 28.1 Å². The van der Waals surface area contributed by atoms with Gasteiger partial charge in [0.1, 0.15) is 12.2 Å². The number of ketones is 1. The lowest BCUT2D eigenvalue weighted by atomic mass is 10.0. The van der Waals surface area contributed by atoms with Crippen molar-refractivity contribution < 1.29 is 18.4 Å². The number of amides is 1. The zero-order valence-electron chi connectivity index (χ0n) is 15.1. The summed E-state index contributed by atoms with van der Waals surface area (Å²) < 4.78 is 27.3. The van der Waals surface area contributed by atoms with Crippen molar-refractivity contribution in [1.29, 1.82) is 0 Å². The summed E-state index contributed by atoms with van der Waals surface area (Å²) in [5, 5.41) is 6.76. The Morgan fingerprint density at radius 3 is 2.52 bits per heavy atom. The first-order valence-corrected chi connectivity index (χ1v) is 9.65. The molecule has 0 aliphatic rings. The van der Waals surface area contributed by atoms with Crippen LogP contribution in [-0.4, -0.2) is 21.5 Å². The molecule has 0 aliphatic heterocycles. The van der Waals surface area contributed by atoms with Crippen molar-refractivity contribution in [3.05, 3.63) is 80.5 Å². The van der Waals surface area contributed by atoms with E-state index >= 15 is 0 Å². The summed E-state index contributed by atoms with van der Waals surface area (Å²) >= 11 is 9.10. The van der Waals surface area contributed by atoms with Crippen LogP contribution in [0.2, 0.25) is 5.02 Å². The summed E-state index contributed by atoms with van der Waals surface area (Å²) in [6.07, 6.45) is -2.77. The highest BCUT2D eigenvalue weighted by Gasteiger charge is 2.22. The molecule has 9 heteroatoms. The summed E-state index contributed by atoms with van der Waals surface area (Å²) in [6, 6.07) is 13.1. The molecule has 0 atom stereocenters.